The molecule has 0 fully saturated rings. The number of rotatable bonds is 5. The second-order valence-electron chi connectivity index (χ2n) is 5.38. The topological polar surface area (TPSA) is 41.5 Å². The van der Waals surface area contributed by atoms with Gasteiger partial charge in [-0.25, -0.2) is 5.43 Å². The first-order valence-corrected chi connectivity index (χ1v) is 8.91. The summed E-state index contributed by atoms with van der Waals surface area (Å²) in [5, 5.41) is 6.28. The zero-order chi connectivity index (χ0) is 16.8. The van der Waals surface area contributed by atoms with E-state index in [-0.39, 0.29) is 5.91 Å². The average Bonchev–Trinajstić information content (AvgIpc) is 2.63. The second kappa shape index (κ2) is 7.79. The fourth-order valence-electron chi connectivity index (χ4n) is 2.53. The Morgan fingerprint density at radius 3 is 2.58 bits per heavy atom. The van der Waals surface area contributed by atoms with Crippen molar-refractivity contribution in [2.24, 2.45) is 5.10 Å². The monoisotopic (exact) mass is 334 g/mol. The van der Waals surface area contributed by atoms with Gasteiger partial charge in [0.05, 0.1) is 12.6 Å². The van der Waals surface area contributed by atoms with Crippen LogP contribution in [-0.4, -0.2) is 18.4 Å². The van der Waals surface area contributed by atoms with Crippen molar-refractivity contribution in [3.05, 3.63) is 77.9 Å². The van der Waals surface area contributed by atoms with Crippen molar-refractivity contribution in [3.63, 3.8) is 0 Å². The van der Waals surface area contributed by atoms with Crippen molar-refractivity contribution in [1.82, 2.24) is 5.43 Å². The van der Waals surface area contributed by atoms with Crippen LogP contribution in [0, 0.1) is 0 Å². The third kappa shape index (κ3) is 4.03. The molecule has 0 atom stereocenters. The van der Waals surface area contributed by atoms with E-state index >= 15 is 0 Å². The summed E-state index contributed by atoms with van der Waals surface area (Å²) in [6.07, 6.45) is 4.01. The molecule has 24 heavy (non-hydrogen) atoms. The standard InChI is InChI=1S/C20H18N2OS/c1-24-18-11-9-15(10-12-18)14-21-22-20(23)13-17-7-4-6-16-5-2-3-8-19(16)17/h2-12,14H,13H2,1H3,(H,22,23). The zero-order valence-corrected chi connectivity index (χ0v) is 14.2. The highest BCUT2D eigenvalue weighted by Gasteiger charge is 2.05. The van der Waals surface area contributed by atoms with Crippen LogP contribution in [0.4, 0.5) is 0 Å². The van der Waals surface area contributed by atoms with Crippen molar-refractivity contribution in [2.75, 3.05) is 6.26 Å². The lowest BCUT2D eigenvalue weighted by Gasteiger charge is -2.05. The van der Waals surface area contributed by atoms with E-state index in [9.17, 15) is 4.79 Å². The maximum atomic E-state index is 12.1. The number of hydrogen-bond donors (Lipinski definition) is 1. The van der Waals surface area contributed by atoms with Crippen molar-refractivity contribution in [2.45, 2.75) is 11.3 Å². The molecule has 0 aliphatic carbocycles. The van der Waals surface area contributed by atoms with Gasteiger partial charge in [0.2, 0.25) is 5.91 Å². The number of hydrogen-bond acceptors (Lipinski definition) is 3. The van der Waals surface area contributed by atoms with Gasteiger partial charge in [-0.05, 0) is 40.3 Å². The van der Waals surface area contributed by atoms with E-state index in [0.717, 1.165) is 21.9 Å². The van der Waals surface area contributed by atoms with E-state index in [2.05, 4.69) is 10.5 Å². The molecule has 120 valence electrons. The smallest absolute Gasteiger partial charge is 0.244 e. The van der Waals surface area contributed by atoms with Crippen LogP contribution in [0.3, 0.4) is 0 Å². The Morgan fingerprint density at radius 2 is 1.79 bits per heavy atom. The van der Waals surface area contributed by atoms with E-state index in [1.54, 1.807) is 18.0 Å². The minimum Gasteiger partial charge on any atom is -0.273 e. The fourth-order valence-corrected chi connectivity index (χ4v) is 2.94. The predicted octanol–water partition coefficient (Wildman–Crippen LogP) is 4.25. The van der Waals surface area contributed by atoms with Crippen LogP contribution >= 0.6 is 11.8 Å². The van der Waals surface area contributed by atoms with Gasteiger partial charge in [0, 0.05) is 4.90 Å². The molecular weight excluding hydrogens is 316 g/mol. The Bertz CT molecular complexity index is 867. The Kier molecular flexibility index (Phi) is 5.29. The molecule has 0 aliphatic rings. The molecule has 3 aromatic rings. The minimum atomic E-state index is -0.122. The molecule has 3 aromatic carbocycles. The number of thioether (sulfide) groups is 1. The quantitative estimate of drug-likeness (QED) is 0.430. The Morgan fingerprint density at radius 1 is 1.04 bits per heavy atom. The third-order valence-electron chi connectivity index (χ3n) is 3.75. The van der Waals surface area contributed by atoms with Gasteiger partial charge >= 0.3 is 0 Å². The summed E-state index contributed by atoms with van der Waals surface area (Å²) >= 11 is 1.69. The first-order valence-electron chi connectivity index (χ1n) is 7.69. The lowest BCUT2D eigenvalue weighted by molar-refractivity contribution is -0.120. The highest BCUT2D eigenvalue weighted by atomic mass is 32.2. The van der Waals surface area contributed by atoms with Crippen LogP contribution in [0.25, 0.3) is 10.8 Å². The van der Waals surface area contributed by atoms with Crippen LogP contribution in [0.2, 0.25) is 0 Å². The van der Waals surface area contributed by atoms with Crippen LogP contribution in [0.1, 0.15) is 11.1 Å². The summed E-state index contributed by atoms with van der Waals surface area (Å²) < 4.78 is 0. The molecule has 1 amide bonds. The van der Waals surface area contributed by atoms with Gasteiger partial charge in [-0.2, -0.15) is 5.10 Å². The summed E-state index contributed by atoms with van der Waals surface area (Å²) in [6.45, 7) is 0. The van der Waals surface area contributed by atoms with Crippen molar-refractivity contribution < 1.29 is 4.79 Å². The SMILES string of the molecule is CSc1ccc(C=NNC(=O)Cc2cccc3ccccc23)cc1. The lowest BCUT2D eigenvalue weighted by atomic mass is 10.0. The van der Waals surface area contributed by atoms with Crippen LogP contribution in [0.15, 0.2) is 76.7 Å². The lowest BCUT2D eigenvalue weighted by Crippen LogP contribution is -2.19. The molecule has 0 saturated heterocycles. The highest BCUT2D eigenvalue weighted by Crippen LogP contribution is 2.18. The summed E-state index contributed by atoms with van der Waals surface area (Å²) in [5.41, 5.74) is 4.56. The molecule has 0 heterocycles. The second-order valence-corrected chi connectivity index (χ2v) is 6.26. The molecule has 3 nitrogen and oxygen atoms in total. The van der Waals surface area contributed by atoms with E-state index in [0.29, 0.717) is 6.42 Å². The Balaban J connectivity index is 1.63. The number of fused-ring (bicyclic) bond motifs is 1. The van der Waals surface area contributed by atoms with Crippen LogP contribution in [-0.2, 0) is 11.2 Å². The zero-order valence-electron chi connectivity index (χ0n) is 13.4. The molecule has 0 spiro atoms. The number of carbonyl (C=O) groups excluding carboxylic acids is 1. The Hall–Kier alpha value is -2.59. The number of nitrogens with one attached hydrogen (secondary N) is 1. The molecule has 0 bridgehead atoms. The van der Waals surface area contributed by atoms with E-state index in [4.69, 9.17) is 0 Å². The highest BCUT2D eigenvalue weighted by molar-refractivity contribution is 7.98. The van der Waals surface area contributed by atoms with E-state index in [1.165, 1.54) is 4.90 Å². The van der Waals surface area contributed by atoms with Gasteiger partial charge in [-0.1, -0.05) is 54.6 Å². The van der Waals surface area contributed by atoms with Crippen molar-refractivity contribution in [3.8, 4) is 0 Å². The fraction of sp³-hybridized carbons (Fsp3) is 0.100. The van der Waals surface area contributed by atoms with Gasteiger partial charge in [-0.15, -0.1) is 11.8 Å². The van der Waals surface area contributed by atoms with Crippen LogP contribution < -0.4 is 5.43 Å². The molecule has 0 aliphatic heterocycles. The van der Waals surface area contributed by atoms with Gasteiger partial charge < -0.3 is 0 Å². The molecule has 0 unspecified atom stereocenters. The van der Waals surface area contributed by atoms with Gasteiger partial charge in [-0.3, -0.25) is 4.79 Å². The molecule has 0 aromatic heterocycles. The summed E-state index contributed by atoms with van der Waals surface area (Å²) in [5.74, 6) is -0.122. The molecule has 1 N–H and O–H groups in total. The maximum Gasteiger partial charge on any atom is 0.244 e. The van der Waals surface area contributed by atoms with E-state index < -0.39 is 0 Å². The predicted molar refractivity (Wildman–Crippen MR) is 102 cm³/mol. The number of carbonyl (C=O) groups is 1. The molecule has 0 radical (unpaired) electrons. The number of hydrazone groups is 1. The number of nitrogens with zero attached hydrogens (tertiary/aromatic N) is 1. The summed E-state index contributed by atoms with van der Waals surface area (Å²) in [7, 11) is 0. The summed E-state index contributed by atoms with van der Waals surface area (Å²) in [4.78, 5) is 13.3. The van der Waals surface area contributed by atoms with Gasteiger partial charge in [0.15, 0.2) is 0 Å². The molecule has 4 heteroatoms. The number of amides is 1. The normalized spacial score (nSPS) is 11.0. The number of benzene rings is 3. The Labute approximate surface area is 145 Å². The van der Waals surface area contributed by atoms with Gasteiger partial charge in [0.1, 0.15) is 0 Å². The maximum absolute atomic E-state index is 12.1. The third-order valence-corrected chi connectivity index (χ3v) is 4.49. The van der Waals surface area contributed by atoms with Crippen LogP contribution in [0.5, 0.6) is 0 Å². The average molecular weight is 334 g/mol. The molecular formula is C20H18N2OS. The largest absolute Gasteiger partial charge is 0.273 e. The van der Waals surface area contributed by atoms with Gasteiger partial charge in [0.25, 0.3) is 0 Å². The first-order chi connectivity index (χ1) is 11.8. The molecule has 3 rings (SSSR count). The molecule has 0 saturated carbocycles. The summed E-state index contributed by atoms with van der Waals surface area (Å²) in [6, 6.07) is 22.1. The first kappa shape index (κ1) is 16.3. The van der Waals surface area contributed by atoms with E-state index in [1.807, 2.05) is 73.0 Å². The van der Waals surface area contributed by atoms with Crippen molar-refractivity contribution >= 4 is 34.7 Å². The van der Waals surface area contributed by atoms with Crippen molar-refractivity contribution in [1.29, 1.82) is 0 Å². The minimum absolute atomic E-state index is 0.122.